The maximum atomic E-state index is 13.4. The molecule has 0 spiro atoms. The lowest BCUT2D eigenvalue weighted by molar-refractivity contribution is -1.04. The Labute approximate surface area is 307 Å². The van der Waals surface area contributed by atoms with Crippen molar-refractivity contribution in [2.45, 2.75) is 50.5 Å². The van der Waals surface area contributed by atoms with Crippen molar-refractivity contribution in [3.8, 4) is 22.6 Å². The molecule has 4 heterocycles. The molecule has 4 aromatic rings. The maximum Gasteiger partial charge on any atom is 0.317 e. The van der Waals surface area contributed by atoms with Crippen molar-refractivity contribution in [2.75, 3.05) is 19.8 Å². The molecule has 1 aromatic heterocycles. The number of phenolic OH excluding ortho intramolecular Hbond substituents is 1. The number of quaternary nitrogens is 1. The molecule has 15 heteroatoms. The predicted molar refractivity (Wildman–Crippen MR) is 190 cm³/mol. The average molecular weight is 742 g/mol. The SMILES string of the molecule is Cc1cc(C)cc(C2=C3N=CC=C3C[NH+]2O[C@@H]2[C@@H](Oc3ccc4c(=O)c(-c5ccc(O)cc5)coc4c3)O[C@@H](COC(=O)CC(=O)O)[C@H](O)[C@]2(O)CO)c1. The van der Waals surface area contributed by atoms with Crippen molar-refractivity contribution >= 4 is 34.8 Å². The fourth-order valence-electron chi connectivity index (χ4n) is 6.91. The number of aryl methyl sites for hydroxylation is 2. The highest BCUT2D eigenvalue weighted by Crippen LogP contribution is 2.36. The Morgan fingerprint density at radius 3 is 2.48 bits per heavy atom. The van der Waals surface area contributed by atoms with Crippen molar-refractivity contribution in [1.82, 2.24) is 0 Å². The third-order valence-electron chi connectivity index (χ3n) is 9.48. The number of phenols is 1. The highest BCUT2D eigenvalue weighted by atomic mass is 16.8. The van der Waals surface area contributed by atoms with Gasteiger partial charge in [0.15, 0.2) is 16.7 Å². The van der Waals surface area contributed by atoms with Gasteiger partial charge in [0.05, 0.1) is 17.6 Å². The average Bonchev–Trinajstić information content (AvgIpc) is 3.72. The minimum Gasteiger partial charge on any atom is -0.508 e. The lowest BCUT2D eigenvalue weighted by Crippen LogP contribution is -3.09. The van der Waals surface area contributed by atoms with Crippen molar-refractivity contribution in [3.63, 3.8) is 0 Å². The highest BCUT2D eigenvalue weighted by Gasteiger charge is 2.60. The van der Waals surface area contributed by atoms with Crippen molar-refractivity contribution in [3.05, 3.63) is 111 Å². The number of allylic oxidation sites excluding steroid dienone is 1. The number of carboxylic acids is 1. The van der Waals surface area contributed by atoms with Gasteiger partial charge in [-0.15, -0.1) is 0 Å². The molecule has 3 aromatic carbocycles. The summed E-state index contributed by atoms with van der Waals surface area (Å²) >= 11 is 0. The number of aromatic hydroxyl groups is 1. The Morgan fingerprint density at radius 2 is 1.78 bits per heavy atom. The number of aliphatic hydroxyl groups excluding tert-OH is 2. The van der Waals surface area contributed by atoms with E-state index in [2.05, 4.69) is 4.99 Å². The predicted octanol–water partition coefficient (Wildman–Crippen LogP) is 1.57. The molecule has 3 aliphatic heterocycles. The Hall–Kier alpha value is -5.68. The lowest BCUT2D eigenvalue weighted by Gasteiger charge is -2.47. The third-order valence-corrected chi connectivity index (χ3v) is 9.48. The van der Waals surface area contributed by atoms with Gasteiger partial charge in [-0.2, -0.15) is 9.90 Å². The summed E-state index contributed by atoms with van der Waals surface area (Å²) in [5.41, 5.74) is 2.99. The number of aliphatic carboxylic acids is 1. The number of aliphatic imine (C=N–C) groups is 1. The summed E-state index contributed by atoms with van der Waals surface area (Å²) < 4.78 is 23.2. The van der Waals surface area contributed by atoms with Crippen LogP contribution in [0.2, 0.25) is 0 Å². The van der Waals surface area contributed by atoms with Crippen LogP contribution in [0.3, 0.4) is 0 Å². The number of nitrogens with zero attached hydrogens (tertiary/aromatic N) is 1. The second kappa shape index (κ2) is 14.6. The summed E-state index contributed by atoms with van der Waals surface area (Å²) in [7, 11) is 0. The van der Waals surface area contributed by atoms with Crippen LogP contribution < -0.4 is 15.2 Å². The molecular formula is C39H37N2O13+. The van der Waals surface area contributed by atoms with Crippen LogP contribution in [-0.4, -0.2) is 93.6 Å². The molecule has 0 radical (unpaired) electrons. The second-order valence-electron chi connectivity index (χ2n) is 13.4. The highest BCUT2D eigenvalue weighted by molar-refractivity contribution is 5.90. The zero-order valence-electron chi connectivity index (χ0n) is 29.1. The molecule has 0 aliphatic carbocycles. The number of carbonyl (C=O) groups is 2. The van der Waals surface area contributed by atoms with Gasteiger partial charge in [0.25, 0.3) is 0 Å². The molecule has 6 atom stereocenters. The van der Waals surface area contributed by atoms with Gasteiger partial charge in [-0.25, -0.2) is 4.99 Å². The van der Waals surface area contributed by atoms with Gasteiger partial charge in [-0.3, -0.25) is 14.4 Å². The number of fused-ring (bicyclic) bond motifs is 2. The summed E-state index contributed by atoms with van der Waals surface area (Å²) in [6.45, 7) is 2.39. The summed E-state index contributed by atoms with van der Waals surface area (Å²) in [6, 6.07) is 16.3. The Balaban J connectivity index is 1.24. The van der Waals surface area contributed by atoms with Gasteiger partial charge in [0, 0.05) is 23.4 Å². The lowest BCUT2D eigenvalue weighted by atomic mass is 9.84. The molecule has 280 valence electrons. The van der Waals surface area contributed by atoms with Crippen molar-refractivity contribution in [1.29, 1.82) is 0 Å². The van der Waals surface area contributed by atoms with Crippen LogP contribution in [0.4, 0.5) is 0 Å². The van der Waals surface area contributed by atoms with Crippen LogP contribution in [0.25, 0.3) is 27.8 Å². The summed E-state index contributed by atoms with van der Waals surface area (Å²) in [6.07, 6.45) is -2.84. The number of carbonyl (C=O) groups excluding carboxylic acids is 1. The topological polar surface area (TPSA) is 219 Å². The number of hydrogen-bond donors (Lipinski definition) is 6. The van der Waals surface area contributed by atoms with Gasteiger partial charge in [-0.1, -0.05) is 29.3 Å². The smallest absolute Gasteiger partial charge is 0.317 e. The van der Waals surface area contributed by atoms with Gasteiger partial charge in [0.2, 0.25) is 12.4 Å². The zero-order valence-corrected chi connectivity index (χ0v) is 29.1. The quantitative estimate of drug-likeness (QED) is 0.0951. The number of nitrogens with one attached hydrogen (secondary N) is 1. The van der Waals surface area contributed by atoms with E-state index < -0.39 is 61.8 Å². The molecule has 1 fully saturated rings. The summed E-state index contributed by atoms with van der Waals surface area (Å²) in [5.74, 6) is -2.44. The third kappa shape index (κ3) is 7.03. The minimum atomic E-state index is -2.49. The standard InChI is InChI=1S/C39H36N2O13/c1-20-11-21(2)13-24(12-20)34-33-23(9-10-40-33)16-41(34)54-37-38(53-30(36(48)39(37,49)19-42)18-51-32(46)15-31(44)45)52-26-7-8-27-29(14-26)50-17-28(35(27)47)22-3-5-25(43)6-4-22/h3-14,17,30,36-38,42-43,48-49H,15-16,18-19H2,1-2H3,(H,44,45)/p+1/t30-,36-,37+,38-,39+/m0/s1. The van der Waals surface area contributed by atoms with Gasteiger partial charge >= 0.3 is 11.9 Å². The van der Waals surface area contributed by atoms with E-state index in [4.69, 9.17) is 28.6 Å². The number of rotatable bonds is 11. The van der Waals surface area contributed by atoms with Crippen LogP contribution in [0.15, 0.2) is 98.5 Å². The van der Waals surface area contributed by atoms with Gasteiger partial charge in [-0.05, 0) is 61.9 Å². The van der Waals surface area contributed by atoms with E-state index in [1.54, 1.807) is 18.3 Å². The number of hydroxylamine groups is 2. The van der Waals surface area contributed by atoms with Crippen LogP contribution >= 0.6 is 0 Å². The Morgan fingerprint density at radius 1 is 1.04 bits per heavy atom. The van der Waals surface area contributed by atoms with E-state index in [-0.39, 0.29) is 40.0 Å². The summed E-state index contributed by atoms with van der Waals surface area (Å²) in [5, 5.41) is 53.4. The molecular weight excluding hydrogens is 704 g/mol. The van der Waals surface area contributed by atoms with Crippen LogP contribution in [0, 0.1) is 13.8 Å². The molecule has 3 aliphatic rings. The number of benzene rings is 3. The number of ether oxygens (including phenoxy) is 3. The maximum absolute atomic E-state index is 13.4. The number of carboxylic acid groups (broad SMARTS) is 1. The Kier molecular flexibility index (Phi) is 9.93. The largest absolute Gasteiger partial charge is 0.508 e. The number of esters is 1. The van der Waals surface area contributed by atoms with Crippen LogP contribution in [0.1, 0.15) is 23.1 Å². The van der Waals surface area contributed by atoms with Gasteiger partial charge < -0.3 is 44.2 Å². The fourth-order valence-corrected chi connectivity index (χ4v) is 6.91. The number of hydrogen-bond acceptors (Lipinski definition) is 13. The van der Waals surface area contributed by atoms with Gasteiger partial charge in [0.1, 0.15) is 60.8 Å². The van der Waals surface area contributed by atoms with E-state index in [9.17, 15) is 34.8 Å². The van der Waals surface area contributed by atoms with Crippen molar-refractivity contribution in [2.24, 2.45) is 4.99 Å². The first-order valence-electron chi connectivity index (χ1n) is 17.0. The first-order chi connectivity index (χ1) is 25.8. The molecule has 6 N–H and O–H groups in total. The van der Waals surface area contributed by atoms with E-state index in [0.717, 1.165) is 22.3 Å². The Bertz CT molecular complexity index is 2260. The number of aliphatic hydroxyl groups is 3. The molecule has 7 rings (SSSR count). The summed E-state index contributed by atoms with van der Waals surface area (Å²) in [4.78, 5) is 47.7. The fraction of sp³-hybridized carbons (Fsp3) is 0.282. The molecule has 0 saturated carbocycles. The minimum absolute atomic E-state index is 0.0390. The van der Waals surface area contributed by atoms with E-state index >= 15 is 0 Å². The molecule has 15 nitrogen and oxygen atoms in total. The van der Waals surface area contributed by atoms with E-state index in [1.807, 2.05) is 38.1 Å². The first kappa shape index (κ1) is 36.7. The monoisotopic (exact) mass is 741 g/mol. The van der Waals surface area contributed by atoms with E-state index in [1.165, 1.54) is 36.6 Å². The van der Waals surface area contributed by atoms with E-state index in [0.29, 0.717) is 22.0 Å². The second-order valence-corrected chi connectivity index (χ2v) is 13.4. The van der Waals surface area contributed by atoms with Crippen LogP contribution in [0.5, 0.6) is 11.5 Å². The molecule has 0 bridgehead atoms. The first-order valence-corrected chi connectivity index (χ1v) is 17.0. The normalized spacial score (nSPS) is 24.8. The van der Waals surface area contributed by atoms with Crippen molar-refractivity contribution < 1.29 is 63.7 Å². The zero-order chi connectivity index (χ0) is 38.3. The molecule has 54 heavy (non-hydrogen) atoms. The molecule has 1 saturated heterocycles. The van der Waals surface area contributed by atoms with Crippen LogP contribution in [-0.2, 0) is 23.9 Å². The molecule has 1 unspecified atom stereocenters. The molecule has 0 amide bonds.